The summed E-state index contributed by atoms with van der Waals surface area (Å²) < 4.78 is 13.1. The Morgan fingerprint density at radius 2 is 1.68 bits per heavy atom. The molecule has 0 amide bonds. The Hall–Kier alpha value is -0.600. The number of hydrogen-bond acceptors (Lipinski definition) is 2. The Bertz CT molecular complexity index is 815. The molecule has 1 heterocycles. The van der Waals surface area contributed by atoms with E-state index in [0.29, 0.717) is 28.1 Å². The fourth-order valence-electron chi connectivity index (χ4n) is 9.72. The molecule has 0 spiro atoms. The molecule has 2 nitrogen and oxygen atoms in total. The lowest BCUT2D eigenvalue weighted by atomic mass is 9.45. The number of fused-ring (bicyclic) bond motifs is 1. The van der Waals surface area contributed by atoms with Crippen LogP contribution in [0.5, 0.6) is 0 Å². The van der Waals surface area contributed by atoms with Crippen LogP contribution in [0, 0.1) is 34.0 Å². The van der Waals surface area contributed by atoms with Gasteiger partial charge in [-0.2, -0.15) is 0 Å². The van der Waals surface area contributed by atoms with Gasteiger partial charge in [0.25, 0.3) is 0 Å². The molecule has 1 aliphatic heterocycles. The maximum atomic E-state index is 6.98. The Balaban J connectivity index is 1.45. The molecular weight excluding hydrogens is 452 g/mol. The highest BCUT2D eigenvalue weighted by molar-refractivity contribution is 5.12. The van der Waals surface area contributed by atoms with Gasteiger partial charge in [0.1, 0.15) is 0 Å². The molecule has 212 valence electrons. The van der Waals surface area contributed by atoms with Gasteiger partial charge < -0.3 is 9.47 Å². The second-order valence-electron chi connectivity index (χ2n) is 15.4. The lowest BCUT2D eigenvalue weighted by molar-refractivity contribution is -0.272. The van der Waals surface area contributed by atoms with Crippen molar-refractivity contribution in [3.63, 3.8) is 0 Å². The van der Waals surface area contributed by atoms with Crippen molar-refractivity contribution in [1.82, 2.24) is 0 Å². The van der Waals surface area contributed by atoms with E-state index in [1.54, 1.807) is 5.57 Å². The largest absolute Gasteiger partial charge is 0.353 e. The summed E-state index contributed by atoms with van der Waals surface area (Å²) in [5.74, 6) is 2.07. The van der Waals surface area contributed by atoms with Crippen LogP contribution in [0.4, 0.5) is 0 Å². The first-order chi connectivity index (χ1) is 17.4. The fraction of sp³-hybridized carbons (Fsp3) is 0.886. The molecule has 37 heavy (non-hydrogen) atoms. The fourth-order valence-corrected chi connectivity index (χ4v) is 9.72. The molecule has 6 atom stereocenters. The Morgan fingerprint density at radius 1 is 0.919 bits per heavy atom. The highest BCUT2D eigenvalue weighted by Crippen LogP contribution is 2.64. The average molecular weight is 513 g/mol. The van der Waals surface area contributed by atoms with Gasteiger partial charge in [0.2, 0.25) is 0 Å². The SMILES string of the molecule is C=C1CCCC(C)(C)[C@@H]1CC/C(C)=C/CC[C@H]1[C@](C)(OC2CCCCO2)CCC2C(C)(C)CCC[C@@]21C. The summed E-state index contributed by atoms with van der Waals surface area (Å²) in [6, 6.07) is 0. The standard InChI is InChI=1S/C35H60O2/c1-26(18-19-28-27(2)15-12-21-32(28,3)4)14-11-16-30-34(7)23-13-22-33(5,6)29(34)20-24-35(30,8)37-31-17-9-10-25-36-31/h14,28-31H,2,9-13,15-25H2,1,3-8H3/b26-14+/t28-,29?,30-,31?,34+,35-/m1/s1. The van der Waals surface area contributed by atoms with Crippen LogP contribution in [0.25, 0.3) is 0 Å². The van der Waals surface area contributed by atoms with E-state index >= 15 is 0 Å². The molecule has 1 saturated heterocycles. The summed E-state index contributed by atoms with van der Waals surface area (Å²) in [6.07, 6.45) is 21.5. The molecule has 2 heteroatoms. The van der Waals surface area contributed by atoms with Crippen molar-refractivity contribution in [1.29, 1.82) is 0 Å². The molecule has 0 bridgehead atoms. The number of hydrogen-bond donors (Lipinski definition) is 0. The molecule has 0 aromatic rings. The van der Waals surface area contributed by atoms with Crippen molar-refractivity contribution in [3.8, 4) is 0 Å². The van der Waals surface area contributed by atoms with Gasteiger partial charge in [0.15, 0.2) is 6.29 Å². The minimum absolute atomic E-state index is 0.00206. The van der Waals surface area contributed by atoms with Gasteiger partial charge in [0.05, 0.1) is 5.60 Å². The topological polar surface area (TPSA) is 18.5 Å². The average Bonchev–Trinajstić information content (AvgIpc) is 2.80. The highest BCUT2D eigenvalue weighted by atomic mass is 16.7. The van der Waals surface area contributed by atoms with E-state index in [0.717, 1.165) is 18.9 Å². The van der Waals surface area contributed by atoms with Gasteiger partial charge in [-0.1, -0.05) is 64.8 Å². The molecule has 2 unspecified atom stereocenters. The summed E-state index contributed by atoms with van der Waals surface area (Å²) in [4.78, 5) is 0. The third kappa shape index (κ3) is 6.42. The normalized spacial score (nSPS) is 40.3. The molecule has 4 rings (SSSR count). The second-order valence-corrected chi connectivity index (χ2v) is 15.4. The van der Waals surface area contributed by atoms with Gasteiger partial charge in [0, 0.05) is 6.61 Å². The molecule has 4 aliphatic rings. The molecule has 0 radical (unpaired) electrons. The summed E-state index contributed by atoms with van der Waals surface area (Å²) in [5, 5.41) is 0. The molecule has 3 saturated carbocycles. The first kappa shape index (κ1) is 29.4. The number of allylic oxidation sites excluding steroid dienone is 3. The molecule has 0 aromatic carbocycles. The van der Waals surface area contributed by atoms with E-state index in [1.165, 1.54) is 95.5 Å². The van der Waals surface area contributed by atoms with Crippen molar-refractivity contribution in [2.75, 3.05) is 6.61 Å². The summed E-state index contributed by atoms with van der Waals surface area (Å²) in [5.41, 5.74) is 4.21. The van der Waals surface area contributed by atoms with E-state index in [1.807, 2.05) is 0 Å². The molecule has 4 fully saturated rings. The minimum atomic E-state index is -0.0771. The zero-order valence-corrected chi connectivity index (χ0v) is 25.7. The van der Waals surface area contributed by atoms with Gasteiger partial charge in [-0.3, -0.25) is 0 Å². The summed E-state index contributed by atoms with van der Waals surface area (Å²) in [7, 11) is 0. The lowest BCUT2D eigenvalue weighted by Crippen LogP contribution is -2.59. The van der Waals surface area contributed by atoms with Crippen molar-refractivity contribution in [2.24, 2.45) is 34.0 Å². The van der Waals surface area contributed by atoms with Crippen LogP contribution in [-0.4, -0.2) is 18.5 Å². The first-order valence-electron chi connectivity index (χ1n) is 16.0. The molecule has 0 aromatic heterocycles. The van der Waals surface area contributed by atoms with Crippen LogP contribution in [0.3, 0.4) is 0 Å². The zero-order chi connectivity index (χ0) is 26.9. The third-order valence-corrected chi connectivity index (χ3v) is 11.8. The maximum absolute atomic E-state index is 6.98. The van der Waals surface area contributed by atoms with E-state index in [4.69, 9.17) is 9.47 Å². The van der Waals surface area contributed by atoms with Gasteiger partial charge in [-0.25, -0.2) is 0 Å². The van der Waals surface area contributed by atoms with Crippen molar-refractivity contribution < 1.29 is 9.47 Å². The monoisotopic (exact) mass is 512 g/mol. The van der Waals surface area contributed by atoms with Crippen LogP contribution in [0.15, 0.2) is 23.8 Å². The van der Waals surface area contributed by atoms with Crippen molar-refractivity contribution in [3.05, 3.63) is 23.8 Å². The van der Waals surface area contributed by atoms with E-state index in [-0.39, 0.29) is 11.9 Å². The predicted octanol–water partition coefficient (Wildman–Crippen LogP) is 10.4. The molecule has 3 aliphatic carbocycles. The Labute approximate surface area is 230 Å². The van der Waals surface area contributed by atoms with Crippen LogP contribution >= 0.6 is 0 Å². The van der Waals surface area contributed by atoms with E-state index < -0.39 is 0 Å². The number of rotatable bonds is 8. The highest BCUT2D eigenvalue weighted by Gasteiger charge is 2.59. The van der Waals surface area contributed by atoms with E-state index in [9.17, 15) is 0 Å². The van der Waals surface area contributed by atoms with Crippen LogP contribution in [0.2, 0.25) is 0 Å². The van der Waals surface area contributed by atoms with Crippen LogP contribution in [-0.2, 0) is 9.47 Å². The second kappa shape index (κ2) is 11.5. The smallest absolute Gasteiger partial charge is 0.158 e. The van der Waals surface area contributed by atoms with Crippen LogP contribution in [0.1, 0.15) is 145 Å². The summed E-state index contributed by atoms with van der Waals surface area (Å²) in [6.45, 7) is 22.8. The van der Waals surface area contributed by atoms with Gasteiger partial charge >= 0.3 is 0 Å². The Kier molecular flexibility index (Phi) is 9.12. The van der Waals surface area contributed by atoms with Gasteiger partial charge in [-0.15, -0.1) is 0 Å². The van der Waals surface area contributed by atoms with Gasteiger partial charge in [-0.05, 0) is 138 Å². The predicted molar refractivity (Wildman–Crippen MR) is 158 cm³/mol. The zero-order valence-electron chi connectivity index (χ0n) is 25.7. The van der Waals surface area contributed by atoms with Crippen LogP contribution < -0.4 is 0 Å². The Morgan fingerprint density at radius 3 is 2.38 bits per heavy atom. The summed E-state index contributed by atoms with van der Waals surface area (Å²) >= 11 is 0. The first-order valence-corrected chi connectivity index (χ1v) is 16.0. The molecule has 0 N–H and O–H groups in total. The lowest BCUT2D eigenvalue weighted by Gasteiger charge is -2.62. The maximum Gasteiger partial charge on any atom is 0.158 e. The van der Waals surface area contributed by atoms with Crippen molar-refractivity contribution >= 4 is 0 Å². The quantitative estimate of drug-likeness (QED) is 0.238. The van der Waals surface area contributed by atoms with E-state index in [2.05, 4.69) is 61.1 Å². The minimum Gasteiger partial charge on any atom is -0.353 e. The van der Waals surface area contributed by atoms with Crippen molar-refractivity contribution in [2.45, 2.75) is 157 Å². The number of ether oxygens (including phenoxy) is 2. The third-order valence-electron chi connectivity index (χ3n) is 11.8. The molecular formula is C35H60O2.